The molecular formula is C31H31N5O3. The molecule has 0 radical (unpaired) electrons. The van der Waals surface area contributed by atoms with Crippen LogP contribution < -0.4 is 14.8 Å². The molecule has 0 spiro atoms. The molecule has 0 unspecified atom stereocenters. The molecule has 1 N–H and O–H groups in total. The SMILES string of the molecule is Cc1cc(Nc2ncnc3ccc(OCCCN4CCOCC4)cc23)ccc1Oc1cccc2cccnc12. The van der Waals surface area contributed by atoms with Gasteiger partial charge in [0.1, 0.15) is 29.2 Å². The smallest absolute Gasteiger partial charge is 0.153 e. The number of pyridine rings is 1. The van der Waals surface area contributed by atoms with Crippen LogP contribution >= 0.6 is 0 Å². The number of rotatable bonds is 9. The van der Waals surface area contributed by atoms with Crippen molar-refractivity contribution in [1.29, 1.82) is 0 Å². The maximum atomic E-state index is 6.26. The lowest BCUT2D eigenvalue weighted by molar-refractivity contribution is 0.0358. The van der Waals surface area contributed by atoms with Gasteiger partial charge in [-0.25, -0.2) is 9.97 Å². The predicted molar refractivity (Wildman–Crippen MR) is 153 cm³/mol. The third-order valence-corrected chi connectivity index (χ3v) is 6.85. The van der Waals surface area contributed by atoms with Crippen LogP contribution in [0.5, 0.6) is 17.2 Å². The molecule has 0 amide bonds. The van der Waals surface area contributed by atoms with Gasteiger partial charge in [-0.1, -0.05) is 18.2 Å². The van der Waals surface area contributed by atoms with Crippen molar-refractivity contribution >= 4 is 33.3 Å². The second-order valence-electron chi connectivity index (χ2n) is 9.60. The number of anilines is 2. The van der Waals surface area contributed by atoms with E-state index in [1.807, 2.05) is 73.7 Å². The number of nitrogens with zero attached hydrogens (tertiary/aromatic N) is 4. The molecule has 2 aromatic heterocycles. The van der Waals surface area contributed by atoms with E-state index in [2.05, 4.69) is 25.2 Å². The highest BCUT2D eigenvalue weighted by atomic mass is 16.5. The average molecular weight is 522 g/mol. The average Bonchev–Trinajstić information content (AvgIpc) is 2.98. The standard InChI is InChI=1S/C31H31N5O3/c1-22-19-24(8-11-28(22)39-29-7-2-5-23-6-3-12-32-30(23)29)35-31-26-20-25(9-10-27(26)33-21-34-31)38-16-4-13-36-14-17-37-18-15-36/h2-3,5-12,19-21H,4,13-18H2,1H3,(H,33,34,35). The van der Waals surface area contributed by atoms with Crippen LogP contribution in [0.2, 0.25) is 0 Å². The van der Waals surface area contributed by atoms with Crippen molar-refractivity contribution in [2.24, 2.45) is 0 Å². The number of morpholine rings is 1. The zero-order valence-corrected chi connectivity index (χ0v) is 22.0. The Balaban J connectivity index is 1.15. The van der Waals surface area contributed by atoms with Gasteiger partial charge >= 0.3 is 0 Å². The molecule has 0 saturated carbocycles. The van der Waals surface area contributed by atoms with Gasteiger partial charge in [0, 0.05) is 42.3 Å². The highest BCUT2D eigenvalue weighted by Gasteiger charge is 2.11. The molecule has 0 atom stereocenters. The van der Waals surface area contributed by atoms with E-state index in [0.717, 1.165) is 95.4 Å². The molecule has 3 aromatic carbocycles. The monoisotopic (exact) mass is 521 g/mol. The number of para-hydroxylation sites is 1. The van der Waals surface area contributed by atoms with Crippen molar-refractivity contribution in [2.45, 2.75) is 13.3 Å². The first kappa shape index (κ1) is 25.0. The number of nitrogens with one attached hydrogen (secondary N) is 1. The van der Waals surface area contributed by atoms with Gasteiger partial charge in [0.25, 0.3) is 0 Å². The van der Waals surface area contributed by atoms with E-state index in [-0.39, 0.29) is 0 Å². The maximum Gasteiger partial charge on any atom is 0.153 e. The minimum absolute atomic E-state index is 0.659. The summed E-state index contributed by atoms with van der Waals surface area (Å²) >= 11 is 0. The van der Waals surface area contributed by atoms with Crippen LogP contribution in [0.25, 0.3) is 21.8 Å². The lowest BCUT2D eigenvalue weighted by Crippen LogP contribution is -2.37. The lowest BCUT2D eigenvalue weighted by Gasteiger charge is -2.26. The van der Waals surface area contributed by atoms with Gasteiger partial charge < -0.3 is 19.5 Å². The Kier molecular flexibility index (Phi) is 7.47. The molecule has 3 heterocycles. The second kappa shape index (κ2) is 11.6. The maximum absolute atomic E-state index is 6.26. The normalized spacial score (nSPS) is 14.0. The Labute approximate surface area is 227 Å². The number of aryl methyl sites for hydroxylation is 1. The molecule has 1 aliphatic heterocycles. The largest absolute Gasteiger partial charge is 0.494 e. The third-order valence-electron chi connectivity index (χ3n) is 6.85. The molecule has 39 heavy (non-hydrogen) atoms. The van der Waals surface area contributed by atoms with Crippen LogP contribution in [-0.4, -0.2) is 59.3 Å². The minimum Gasteiger partial charge on any atom is -0.494 e. The quantitative estimate of drug-likeness (QED) is 0.232. The van der Waals surface area contributed by atoms with Crippen LogP contribution in [-0.2, 0) is 4.74 Å². The van der Waals surface area contributed by atoms with Gasteiger partial charge in [-0.05, 0) is 67.4 Å². The summed E-state index contributed by atoms with van der Waals surface area (Å²) in [6.45, 7) is 7.33. The van der Waals surface area contributed by atoms with Gasteiger partial charge in [-0.3, -0.25) is 9.88 Å². The zero-order valence-electron chi connectivity index (χ0n) is 22.0. The first-order valence-electron chi connectivity index (χ1n) is 13.3. The van der Waals surface area contributed by atoms with Crippen molar-refractivity contribution < 1.29 is 14.2 Å². The van der Waals surface area contributed by atoms with Crippen LogP contribution in [0.4, 0.5) is 11.5 Å². The van der Waals surface area contributed by atoms with E-state index in [9.17, 15) is 0 Å². The number of aromatic nitrogens is 3. The first-order chi connectivity index (χ1) is 19.2. The fourth-order valence-electron chi connectivity index (χ4n) is 4.78. The molecule has 5 aromatic rings. The van der Waals surface area contributed by atoms with E-state index < -0.39 is 0 Å². The molecule has 0 bridgehead atoms. The van der Waals surface area contributed by atoms with E-state index in [1.165, 1.54) is 0 Å². The molecular weight excluding hydrogens is 490 g/mol. The van der Waals surface area contributed by atoms with Crippen LogP contribution in [0.3, 0.4) is 0 Å². The summed E-state index contributed by atoms with van der Waals surface area (Å²) in [5, 5.41) is 5.40. The van der Waals surface area contributed by atoms with E-state index >= 15 is 0 Å². The van der Waals surface area contributed by atoms with Gasteiger partial charge in [-0.2, -0.15) is 0 Å². The summed E-state index contributed by atoms with van der Waals surface area (Å²) in [5.41, 5.74) is 3.60. The zero-order chi connectivity index (χ0) is 26.4. The molecule has 8 nitrogen and oxygen atoms in total. The van der Waals surface area contributed by atoms with E-state index in [4.69, 9.17) is 14.2 Å². The summed E-state index contributed by atoms with van der Waals surface area (Å²) in [5.74, 6) is 3.05. The Bertz CT molecular complexity index is 1580. The number of fused-ring (bicyclic) bond motifs is 2. The summed E-state index contributed by atoms with van der Waals surface area (Å²) < 4.78 is 17.7. The molecule has 6 rings (SSSR count). The van der Waals surface area contributed by atoms with Gasteiger partial charge in [0.15, 0.2) is 5.75 Å². The second-order valence-corrected chi connectivity index (χ2v) is 9.60. The van der Waals surface area contributed by atoms with Crippen molar-refractivity contribution in [3.8, 4) is 17.2 Å². The van der Waals surface area contributed by atoms with Crippen molar-refractivity contribution in [1.82, 2.24) is 19.9 Å². The summed E-state index contributed by atoms with van der Waals surface area (Å²) in [6, 6.07) is 21.8. The summed E-state index contributed by atoms with van der Waals surface area (Å²) in [6.07, 6.45) is 4.32. The number of hydrogen-bond donors (Lipinski definition) is 1. The Morgan fingerprint density at radius 2 is 1.82 bits per heavy atom. The molecule has 1 fully saturated rings. The topological polar surface area (TPSA) is 81.6 Å². The predicted octanol–water partition coefficient (Wildman–Crippen LogP) is 6.12. The van der Waals surface area contributed by atoms with Gasteiger partial charge in [0.05, 0.1) is 25.3 Å². The number of benzene rings is 3. The van der Waals surface area contributed by atoms with Gasteiger partial charge in [-0.15, -0.1) is 0 Å². The van der Waals surface area contributed by atoms with Gasteiger partial charge in [0.2, 0.25) is 0 Å². The van der Waals surface area contributed by atoms with Crippen molar-refractivity contribution in [3.05, 3.63) is 84.8 Å². The Morgan fingerprint density at radius 3 is 2.72 bits per heavy atom. The summed E-state index contributed by atoms with van der Waals surface area (Å²) in [4.78, 5) is 15.9. The van der Waals surface area contributed by atoms with E-state index in [1.54, 1.807) is 12.5 Å². The van der Waals surface area contributed by atoms with Crippen LogP contribution in [0.15, 0.2) is 79.3 Å². The van der Waals surface area contributed by atoms with Crippen molar-refractivity contribution in [3.63, 3.8) is 0 Å². The molecule has 0 aliphatic carbocycles. The Hall–Kier alpha value is -4.27. The highest BCUT2D eigenvalue weighted by Crippen LogP contribution is 2.33. The fraction of sp³-hybridized carbons (Fsp3) is 0.258. The molecule has 1 aliphatic rings. The minimum atomic E-state index is 0.659. The fourth-order valence-corrected chi connectivity index (χ4v) is 4.78. The van der Waals surface area contributed by atoms with Crippen LogP contribution in [0.1, 0.15) is 12.0 Å². The highest BCUT2D eigenvalue weighted by molar-refractivity contribution is 5.91. The number of hydrogen-bond acceptors (Lipinski definition) is 8. The molecule has 1 saturated heterocycles. The Morgan fingerprint density at radius 1 is 0.923 bits per heavy atom. The summed E-state index contributed by atoms with van der Waals surface area (Å²) in [7, 11) is 0. The molecule has 198 valence electrons. The van der Waals surface area contributed by atoms with E-state index in [0.29, 0.717) is 6.61 Å². The number of ether oxygens (including phenoxy) is 3. The molecule has 8 heteroatoms. The van der Waals surface area contributed by atoms with Crippen molar-refractivity contribution in [2.75, 3.05) is 44.8 Å². The first-order valence-corrected chi connectivity index (χ1v) is 13.3. The third kappa shape index (κ3) is 5.92. The van der Waals surface area contributed by atoms with Crippen LogP contribution in [0, 0.1) is 6.92 Å². The lowest BCUT2D eigenvalue weighted by atomic mass is 10.1.